The molecule has 0 radical (unpaired) electrons. The number of carbonyl (C=O) groups excluding carboxylic acids is 1. The first-order chi connectivity index (χ1) is 10.8. The molecule has 1 atom stereocenters. The highest BCUT2D eigenvalue weighted by molar-refractivity contribution is 7.08. The first-order valence-electron chi connectivity index (χ1n) is 7.21. The van der Waals surface area contributed by atoms with E-state index in [0.717, 1.165) is 23.5 Å². The van der Waals surface area contributed by atoms with Crippen molar-refractivity contribution < 1.29 is 4.79 Å². The number of thiophene rings is 1. The third-order valence-corrected chi connectivity index (χ3v) is 4.76. The van der Waals surface area contributed by atoms with Crippen molar-refractivity contribution in [2.75, 3.05) is 0 Å². The molecule has 0 spiro atoms. The van der Waals surface area contributed by atoms with Gasteiger partial charge >= 0.3 is 0 Å². The molecule has 3 heterocycles. The third kappa shape index (κ3) is 2.23. The Hall–Kier alpha value is -2.40. The third-order valence-electron chi connectivity index (χ3n) is 4.07. The Bertz CT molecular complexity index is 779. The summed E-state index contributed by atoms with van der Waals surface area (Å²) in [4.78, 5) is 19.2. The van der Waals surface area contributed by atoms with E-state index in [2.05, 4.69) is 21.7 Å². The summed E-state index contributed by atoms with van der Waals surface area (Å²) in [5, 5.41) is 3.85. The summed E-state index contributed by atoms with van der Waals surface area (Å²) in [6, 6.07) is 12.1. The lowest BCUT2D eigenvalue weighted by Crippen LogP contribution is -2.41. The zero-order chi connectivity index (χ0) is 14.9. The van der Waals surface area contributed by atoms with Crippen LogP contribution in [0.1, 0.15) is 27.8 Å². The molecule has 0 fully saturated rings. The summed E-state index contributed by atoms with van der Waals surface area (Å²) in [7, 11) is 0. The van der Waals surface area contributed by atoms with Gasteiger partial charge in [-0.1, -0.05) is 30.3 Å². The molecule has 4 nitrogen and oxygen atoms in total. The number of hydrogen-bond donors (Lipinski definition) is 0. The SMILES string of the molecule is O=C(c1ccsc1)N1Cc2nccn2CC1c1ccccc1. The van der Waals surface area contributed by atoms with E-state index in [-0.39, 0.29) is 11.9 Å². The number of imidazole rings is 1. The number of amides is 1. The first kappa shape index (κ1) is 13.3. The number of fused-ring (bicyclic) bond motifs is 1. The number of aromatic nitrogens is 2. The zero-order valence-electron chi connectivity index (χ0n) is 11.9. The van der Waals surface area contributed by atoms with Crippen molar-refractivity contribution in [2.24, 2.45) is 0 Å². The Morgan fingerprint density at radius 3 is 2.86 bits per heavy atom. The van der Waals surface area contributed by atoms with Crippen LogP contribution >= 0.6 is 11.3 Å². The van der Waals surface area contributed by atoms with Gasteiger partial charge in [-0.25, -0.2) is 4.98 Å². The second-order valence-electron chi connectivity index (χ2n) is 5.37. The molecular formula is C17H15N3OS. The zero-order valence-corrected chi connectivity index (χ0v) is 12.7. The molecular weight excluding hydrogens is 294 g/mol. The maximum Gasteiger partial charge on any atom is 0.255 e. The quantitative estimate of drug-likeness (QED) is 0.728. The summed E-state index contributed by atoms with van der Waals surface area (Å²) in [5.41, 5.74) is 1.91. The van der Waals surface area contributed by atoms with Crippen LogP contribution in [0, 0.1) is 0 Å². The molecule has 0 saturated heterocycles. The fraction of sp³-hybridized carbons (Fsp3) is 0.176. The molecule has 1 aromatic carbocycles. The summed E-state index contributed by atoms with van der Waals surface area (Å²) in [6.07, 6.45) is 3.79. The van der Waals surface area contributed by atoms with E-state index < -0.39 is 0 Å². The van der Waals surface area contributed by atoms with Gasteiger partial charge in [0.15, 0.2) is 0 Å². The van der Waals surface area contributed by atoms with Gasteiger partial charge in [-0.2, -0.15) is 11.3 Å². The van der Waals surface area contributed by atoms with Crippen LogP contribution in [0.4, 0.5) is 0 Å². The molecule has 2 aromatic heterocycles. The van der Waals surface area contributed by atoms with E-state index in [4.69, 9.17) is 0 Å². The standard InChI is InChI=1S/C17H15N3OS/c21-17(14-6-9-22-12-14)20-11-16-18-7-8-19(16)10-15(20)13-4-2-1-3-5-13/h1-9,12,15H,10-11H2. The summed E-state index contributed by atoms with van der Waals surface area (Å²) >= 11 is 1.55. The maximum absolute atomic E-state index is 12.9. The minimum atomic E-state index is 0.0373. The number of benzene rings is 1. The van der Waals surface area contributed by atoms with Crippen molar-refractivity contribution in [3.63, 3.8) is 0 Å². The Morgan fingerprint density at radius 1 is 1.23 bits per heavy atom. The molecule has 5 heteroatoms. The smallest absolute Gasteiger partial charge is 0.255 e. The number of hydrogen-bond acceptors (Lipinski definition) is 3. The molecule has 1 unspecified atom stereocenters. The van der Waals surface area contributed by atoms with Crippen molar-refractivity contribution in [2.45, 2.75) is 19.1 Å². The average Bonchev–Trinajstić information content (AvgIpc) is 3.25. The van der Waals surface area contributed by atoms with Gasteiger partial charge in [-0.15, -0.1) is 0 Å². The van der Waals surface area contributed by atoms with Gasteiger partial charge in [0.25, 0.3) is 5.91 Å². The van der Waals surface area contributed by atoms with Crippen LogP contribution in [0.5, 0.6) is 0 Å². The fourth-order valence-electron chi connectivity index (χ4n) is 2.93. The molecule has 0 bridgehead atoms. The molecule has 1 amide bonds. The fourth-order valence-corrected chi connectivity index (χ4v) is 3.56. The molecule has 1 aliphatic rings. The Balaban J connectivity index is 1.74. The van der Waals surface area contributed by atoms with Crippen molar-refractivity contribution in [3.8, 4) is 0 Å². The van der Waals surface area contributed by atoms with Crippen molar-refractivity contribution in [1.29, 1.82) is 0 Å². The van der Waals surface area contributed by atoms with Crippen LogP contribution in [-0.4, -0.2) is 20.4 Å². The highest BCUT2D eigenvalue weighted by Gasteiger charge is 2.32. The first-order valence-corrected chi connectivity index (χ1v) is 8.15. The van der Waals surface area contributed by atoms with Crippen LogP contribution in [0.3, 0.4) is 0 Å². The van der Waals surface area contributed by atoms with Gasteiger partial charge in [-0.3, -0.25) is 4.79 Å². The summed E-state index contributed by atoms with van der Waals surface area (Å²) in [5.74, 6) is 1.01. The van der Waals surface area contributed by atoms with Gasteiger partial charge in [-0.05, 0) is 17.0 Å². The van der Waals surface area contributed by atoms with Gasteiger partial charge in [0.1, 0.15) is 5.82 Å². The van der Waals surface area contributed by atoms with Crippen LogP contribution in [0.15, 0.2) is 59.6 Å². The lowest BCUT2D eigenvalue weighted by Gasteiger charge is -2.36. The lowest BCUT2D eigenvalue weighted by molar-refractivity contribution is 0.0585. The molecule has 0 aliphatic carbocycles. The summed E-state index contributed by atoms with van der Waals surface area (Å²) < 4.78 is 2.13. The van der Waals surface area contributed by atoms with Crippen LogP contribution in [0.25, 0.3) is 0 Å². The Kier molecular flexibility index (Phi) is 3.27. The molecule has 3 aromatic rings. The average molecular weight is 309 g/mol. The van der Waals surface area contributed by atoms with Crippen LogP contribution < -0.4 is 0 Å². The normalized spacial score (nSPS) is 17.3. The highest BCUT2D eigenvalue weighted by atomic mass is 32.1. The number of nitrogens with zero attached hydrogens (tertiary/aromatic N) is 3. The second-order valence-corrected chi connectivity index (χ2v) is 6.15. The lowest BCUT2D eigenvalue weighted by atomic mass is 10.0. The monoisotopic (exact) mass is 309 g/mol. The van der Waals surface area contributed by atoms with Crippen LogP contribution in [-0.2, 0) is 13.1 Å². The van der Waals surface area contributed by atoms with Crippen molar-refractivity contribution >= 4 is 17.2 Å². The molecule has 4 rings (SSSR count). The second kappa shape index (κ2) is 5.42. The molecule has 0 N–H and O–H groups in total. The minimum absolute atomic E-state index is 0.0373. The molecule has 1 aliphatic heterocycles. The molecule has 22 heavy (non-hydrogen) atoms. The highest BCUT2D eigenvalue weighted by Crippen LogP contribution is 2.30. The van der Waals surface area contributed by atoms with Crippen molar-refractivity contribution in [3.05, 3.63) is 76.5 Å². The van der Waals surface area contributed by atoms with Gasteiger partial charge in [0.2, 0.25) is 0 Å². The maximum atomic E-state index is 12.9. The molecule has 110 valence electrons. The Labute approximate surface area is 132 Å². The van der Waals surface area contributed by atoms with E-state index in [1.807, 2.05) is 46.1 Å². The predicted molar refractivity (Wildman–Crippen MR) is 85.6 cm³/mol. The van der Waals surface area contributed by atoms with Crippen molar-refractivity contribution in [1.82, 2.24) is 14.5 Å². The van der Waals surface area contributed by atoms with E-state index in [1.165, 1.54) is 0 Å². The summed E-state index contributed by atoms with van der Waals surface area (Å²) in [6.45, 7) is 1.29. The van der Waals surface area contributed by atoms with E-state index in [0.29, 0.717) is 6.54 Å². The topological polar surface area (TPSA) is 38.1 Å². The van der Waals surface area contributed by atoms with E-state index >= 15 is 0 Å². The van der Waals surface area contributed by atoms with Gasteiger partial charge in [0.05, 0.1) is 18.2 Å². The van der Waals surface area contributed by atoms with E-state index in [9.17, 15) is 4.79 Å². The van der Waals surface area contributed by atoms with E-state index in [1.54, 1.807) is 17.5 Å². The van der Waals surface area contributed by atoms with Crippen LogP contribution in [0.2, 0.25) is 0 Å². The Morgan fingerprint density at radius 2 is 2.09 bits per heavy atom. The minimum Gasteiger partial charge on any atom is -0.331 e. The van der Waals surface area contributed by atoms with Gasteiger partial charge < -0.3 is 9.47 Å². The predicted octanol–water partition coefficient (Wildman–Crippen LogP) is 3.34. The largest absolute Gasteiger partial charge is 0.331 e. The number of carbonyl (C=O) groups is 1. The molecule has 0 saturated carbocycles. The van der Waals surface area contributed by atoms with Gasteiger partial charge in [0, 0.05) is 24.3 Å². The number of rotatable bonds is 2.